The lowest BCUT2D eigenvalue weighted by Crippen LogP contribution is -2.16. The molecule has 2 atom stereocenters. The molecule has 0 radical (unpaired) electrons. The van der Waals surface area contributed by atoms with Crippen LogP contribution in [0.25, 0.3) is 0 Å². The predicted octanol–water partition coefficient (Wildman–Crippen LogP) is 8.92. The summed E-state index contributed by atoms with van der Waals surface area (Å²) in [4.78, 5) is 11.5. The van der Waals surface area contributed by atoms with Gasteiger partial charge in [-0.15, -0.1) is 0 Å². The molecule has 2 rings (SSSR count). The molecule has 2 nitrogen and oxygen atoms in total. The Labute approximate surface area is 181 Å². The van der Waals surface area contributed by atoms with Crippen LogP contribution in [0.2, 0.25) is 0 Å². The van der Waals surface area contributed by atoms with E-state index in [0.717, 1.165) is 37.5 Å². The standard InChI is InChI=1S/C27H50O2/c28-27(29)26-22-15-10-9-14-20-25(21-16-11-17-23-26)24-18-12-7-5-3-1-2-4-6-8-13-19-24/h24-26H,1-23H2,(H,28,29). The van der Waals surface area contributed by atoms with Crippen LogP contribution in [-0.4, -0.2) is 11.1 Å². The summed E-state index contributed by atoms with van der Waals surface area (Å²) in [5.74, 6) is 1.27. The van der Waals surface area contributed by atoms with E-state index >= 15 is 0 Å². The second-order valence-corrected chi connectivity index (χ2v) is 10.3. The summed E-state index contributed by atoms with van der Waals surface area (Å²) in [6, 6.07) is 0. The second kappa shape index (κ2) is 16.2. The molecule has 2 aliphatic carbocycles. The van der Waals surface area contributed by atoms with Gasteiger partial charge >= 0.3 is 5.97 Å². The molecular formula is C27H50O2. The van der Waals surface area contributed by atoms with Crippen molar-refractivity contribution in [1.29, 1.82) is 0 Å². The van der Waals surface area contributed by atoms with E-state index < -0.39 is 5.97 Å². The van der Waals surface area contributed by atoms with Gasteiger partial charge < -0.3 is 5.11 Å². The zero-order chi connectivity index (χ0) is 20.6. The Kier molecular flexibility index (Phi) is 13.8. The monoisotopic (exact) mass is 406 g/mol. The molecule has 0 aromatic carbocycles. The topological polar surface area (TPSA) is 37.3 Å². The zero-order valence-corrected chi connectivity index (χ0v) is 19.4. The Balaban J connectivity index is 1.86. The molecule has 2 aliphatic rings. The van der Waals surface area contributed by atoms with Crippen LogP contribution >= 0.6 is 0 Å². The second-order valence-electron chi connectivity index (χ2n) is 10.3. The Morgan fingerprint density at radius 1 is 0.414 bits per heavy atom. The number of aliphatic carboxylic acids is 1. The van der Waals surface area contributed by atoms with E-state index in [1.54, 1.807) is 0 Å². The van der Waals surface area contributed by atoms with Gasteiger partial charge in [0.2, 0.25) is 0 Å². The molecule has 29 heavy (non-hydrogen) atoms. The minimum absolute atomic E-state index is 0.0815. The Hall–Kier alpha value is -0.530. The molecule has 0 spiro atoms. The van der Waals surface area contributed by atoms with Crippen molar-refractivity contribution in [3.05, 3.63) is 0 Å². The van der Waals surface area contributed by atoms with Crippen molar-refractivity contribution in [2.24, 2.45) is 17.8 Å². The first kappa shape index (κ1) is 24.7. The maximum atomic E-state index is 11.5. The van der Waals surface area contributed by atoms with E-state index in [0.29, 0.717) is 0 Å². The highest BCUT2D eigenvalue weighted by Crippen LogP contribution is 2.34. The molecule has 2 heteroatoms. The number of carboxylic acids is 1. The number of hydrogen-bond donors (Lipinski definition) is 1. The molecule has 2 unspecified atom stereocenters. The average Bonchev–Trinajstić information content (AvgIpc) is 2.75. The van der Waals surface area contributed by atoms with Crippen LogP contribution in [-0.2, 0) is 4.79 Å². The van der Waals surface area contributed by atoms with Crippen molar-refractivity contribution in [3.63, 3.8) is 0 Å². The molecule has 0 heterocycles. The van der Waals surface area contributed by atoms with Gasteiger partial charge in [0.15, 0.2) is 0 Å². The highest BCUT2D eigenvalue weighted by atomic mass is 16.4. The van der Waals surface area contributed by atoms with E-state index in [-0.39, 0.29) is 5.92 Å². The van der Waals surface area contributed by atoms with Crippen molar-refractivity contribution in [1.82, 2.24) is 0 Å². The van der Waals surface area contributed by atoms with Gasteiger partial charge in [-0.25, -0.2) is 0 Å². The molecule has 2 fully saturated rings. The van der Waals surface area contributed by atoms with E-state index in [1.807, 2.05) is 0 Å². The lowest BCUT2D eigenvalue weighted by molar-refractivity contribution is -0.142. The molecule has 2 saturated carbocycles. The van der Waals surface area contributed by atoms with Crippen molar-refractivity contribution < 1.29 is 9.90 Å². The van der Waals surface area contributed by atoms with Crippen LogP contribution in [0.5, 0.6) is 0 Å². The zero-order valence-electron chi connectivity index (χ0n) is 19.4. The van der Waals surface area contributed by atoms with E-state index in [4.69, 9.17) is 0 Å². The number of carboxylic acid groups (broad SMARTS) is 1. The first-order chi connectivity index (χ1) is 14.3. The lowest BCUT2D eigenvalue weighted by Gasteiger charge is -2.28. The third-order valence-electron chi connectivity index (χ3n) is 7.92. The normalized spacial score (nSPS) is 29.1. The summed E-state index contributed by atoms with van der Waals surface area (Å²) < 4.78 is 0. The van der Waals surface area contributed by atoms with Crippen LogP contribution in [0.1, 0.15) is 148 Å². The largest absolute Gasteiger partial charge is 0.481 e. The number of hydrogen-bond acceptors (Lipinski definition) is 1. The van der Waals surface area contributed by atoms with Gasteiger partial charge in [0.05, 0.1) is 5.92 Å². The molecule has 0 aliphatic heterocycles. The minimum atomic E-state index is -0.554. The third-order valence-corrected chi connectivity index (χ3v) is 7.92. The summed E-state index contributed by atoms with van der Waals surface area (Å²) in [6.07, 6.45) is 31.0. The number of carbonyl (C=O) groups is 1. The molecule has 0 aromatic heterocycles. The van der Waals surface area contributed by atoms with Gasteiger partial charge in [-0.05, 0) is 24.7 Å². The molecule has 170 valence electrons. The van der Waals surface area contributed by atoms with Crippen molar-refractivity contribution in [2.75, 3.05) is 0 Å². The molecule has 0 amide bonds. The van der Waals surface area contributed by atoms with Gasteiger partial charge in [0.25, 0.3) is 0 Å². The Morgan fingerprint density at radius 2 is 0.655 bits per heavy atom. The SMILES string of the molecule is O=C(O)C1CCCCCCC(C2CCCCCCCCCCCC2)CCCCC1. The first-order valence-electron chi connectivity index (χ1n) is 13.5. The lowest BCUT2D eigenvalue weighted by atomic mass is 9.78. The predicted molar refractivity (Wildman–Crippen MR) is 124 cm³/mol. The quantitative estimate of drug-likeness (QED) is 0.497. The van der Waals surface area contributed by atoms with Gasteiger partial charge in [-0.1, -0.05) is 135 Å². The fraction of sp³-hybridized carbons (Fsp3) is 0.963. The van der Waals surface area contributed by atoms with Gasteiger partial charge in [-0.3, -0.25) is 4.79 Å². The van der Waals surface area contributed by atoms with Crippen molar-refractivity contribution >= 4 is 5.97 Å². The van der Waals surface area contributed by atoms with Crippen molar-refractivity contribution in [2.45, 2.75) is 148 Å². The van der Waals surface area contributed by atoms with Crippen LogP contribution in [0.3, 0.4) is 0 Å². The first-order valence-corrected chi connectivity index (χ1v) is 13.5. The molecular weight excluding hydrogens is 356 g/mol. The molecule has 0 bridgehead atoms. The summed E-state index contributed by atoms with van der Waals surface area (Å²) in [6.45, 7) is 0. The van der Waals surface area contributed by atoms with Crippen LogP contribution in [0.4, 0.5) is 0 Å². The minimum Gasteiger partial charge on any atom is -0.481 e. The van der Waals surface area contributed by atoms with Gasteiger partial charge in [0.1, 0.15) is 0 Å². The summed E-state index contributed by atoms with van der Waals surface area (Å²) in [5.41, 5.74) is 0. The Morgan fingerprint density at radius 3 is 0.966 bits per heavy atom. The van der Waals surface area contributed by atoms with Gasteiger partial charge in [0, 0.05) is 0 Å². The van der Waals surface area contributed by atoms with E-state index in [1.165, 1.54) is 122 Å². The maximum Gasteiger partial charge on any atom is 0.306 e. The maximum absolute atomic E-state index is 11.5. The van der Waals surface area contributed by atoms with Crippen molar-refractivity contribution in [3.8, 4) is 0 Å². The fourth-order valence-corrected chi connectivity index (χ4v) is 5.97. The molecule has 1 N–H and O–H groups in total. The highest BCUT2D eigenvalue weighted by Gasteiger charge is 2.22. The molecule has 0 saturated heterocycles. The number of rotatable bonds is 2. The summed E-state index contributed by atoms with van der Waals surface area (Å²) >= 11 is 0. The third kappa shape index (κ3) is 11.4. The van der Waals surface area contributed by atoms with Gasteiger partial charge in [-0.2, -0.15) is 0 Å². The highest BCUT2D eigenvalue weighted by molar-refractivity contribution is 5.69. The average molecular weight is 407 g/mol. The Bertz CT molecular complexity index is 391. The van der Waals surface area contributed by atoms with E-state index in [2.05, 4.69) is 0 Å². The smallest absolute Gasteiger partial charge is 0.306 e. The molecule has 0 aromatic rings. The van der Waals surface area contributed by atoms with Crippen LogP contribution in [0.15, 0.2) is 0 Å². The fourth-order valence-electron chi connectivity index (χ4n) is 5.97. The van der Waals surface area contributed by atoms with Crippen LogP contribution < -0.4 is 0 Å². The summed E-state index contributed by atoms with van der Waals surface area (Å²) in [5, 5.41) is 9.46. The van der Waals surface area contributed by atoms with Crippen LogP contribution in [0, 0.1) is 17.8 Å². The van der Waals surface area contributed by atoms with E-state index in [9.17, 15) is 9.90 Å². The summed E-state index contributed by atoms with van der Waals surface area (Å²) in [7, 11) is 0.